The number of piperidine rings is 1. The maximum absolute atomic E-state index is 12.6. The van der Waals surface area contributed by atoms with E-state index in [1.54, 1.807) is 25.9 Å². The zero-order valence-electron chi connectivity index (χ0n) is 16.7. The molecule has 0 radical (unpaired) electrons. The van der Waals surface area contributed by atoms with Crippen LogP contribution in [0.15, 0.2) is 4.99 Å². The van der Waals surface area contributed by atoms with Gasteiger partial charge in [0.2, 0.25) is 5.91 Å². The molecule has 0 spiro atoms. The number of nitrogens with one attached hydrogen (secondary N) is 2. The Balaban J connectivity index is 0.00000784. The molecule has 1 rings (SSSR count). The molecule has 14 heteroatoms. The first kappa shape index (κ1) is 28.5. The number of thioether (sulfide) groups is 1. The first-order valence-corrected chi connectivity index (χ1v) is 11.6. The molecule has 1 fully saturated rings. The Morgan fingerprint density at radius 1 is 1.24 bits per heavy atom. The Bertz CT molecular complexity index is 640. The summed E-state index contributed by atoms with van der Waals surface area (Å²) < 4.78 is 61.3. The molecule has 1 aliphatic rings. The molecule has 0 aromatic rings. The average Bonchev–Trinajstić information content (AvgIpc) is 2.62. The lowest BCUT2D eigenvalue weighted by Crippen LogP contribution is -2.47. The van der Waals surface area contributed by atoms with Gasteiger partial charge in [-0.1, -0.05) is 0 Å². The van der Waals surface area contributed by atoms with Crippen molar-refractivity contribution in [1.29, 1.82) is 0 Å². The van der Waals surface area contributed by atoms with Crippen LogP contribution < -0.4 is 10.6 Å². The van der Waals surface area contributed by atoms with E-state index >= 15 is 0 Å². The van der Waals surface area contributed by atoms with Crippen LogP contribution in [-0.4, -0.2) is 93.8 Å². The van der Waals surface area contributed by atoms with Gasteiger partial charge in [-0.15, -0.1) is 24.0 Å². The van der Waals surface area contributed by atoms with E-state index in [-0.39, 0.29) is 55.4 Å². The Morgan fingerprint density at radius 2 is 1.83 bits per heavy atom. The lowest BCUT2D eigenvalue weighted by molar-refractivity contribution is -0.127. The SMILES string of the molecule is CSCCNC(=NCC(=O)N(C)C)NCC1CCN(S(=O)(=O)C(F)(F)F)CC1.I. The van der Waals surface area contributed by atoms with Crippen molar-refractivity contribution in [1.82, 2.24) is 19.8 Å². The molecule has 0 saturated carbocycles. The molecule has 0 unspecified atom stereocenters. The highest BCUT2D eigenvalue weighted by molar-refractivity contribution is 14.0. The topological polar surface area (TPSA) is 94.1 Å². The molecule has 0 atom stereocenters. The first-order valence-electron chi connectivity index (χ1n) is 8.76. The van der Waals surface area contributed by atoms with Crippen LogP contribution in [0.1, 0.15) is 12.8 Å². The molecule has 0 aromatic carbocycles. The van der Waals surface area contributed by atoms with Crippen molar-refractivity contribution in [2.75, 3.05) is 58.8 Å². The van der Waals surface area contributed by atoms with Gasteiger partial charge in [0.25, 0.3) is 0 Å². The molecule has 1 heterocycles. The summed E-state index contributed by atoms with van der Waals surface area (Å²) in [6.45, 7) is 0.718. The van der Waals surface area contributed by atoms with Gasteiger partial charge in [-0.25, -0.2) is 13.4 Å². The second-order valence-corrected chi connectivity index (χ2v) is 9.46. The molecule has 0 aliphatic carbocycles. The van der Waals surface area contributed by atoms with Gasteiger partial charge in [0.05, 0.1) is 0 Å². The monoisotopic (exact) mass is 575 g/mol. The van der Waals surface area contributed by atoms with E-state index in [1.807, 2.05) is 6.26 Å². The fourth-order valence-electron chi connectivity index (χ4n) is 2.48. The third kappa shape index (κ3) is 9.46. The summed E-state index contributed by atoms with van der Waals surface area (Å²) in [5.74, 6) is 1.15. The van der Waals surface area contributed by atoms with Crippen LogP contribution in [0, 0.1) is 5.92 Å². The highest BCUT2D eigenvalue weighted by atomic mass is 127. The van der Waals surface area contributed by atoms with Crippen LogP contribution in [0.25, 0.3) is 0 Å². The number of carbonyl (C=O) groups excluding carboxylic acids is 1. The molecule has 1 amide bonds. The van der Waals surface area contributed by atoms with Gasteiger partial charge in [-0.2, -0.15) is 29.2 Å². The van der Waals surface area contributed by atoms with Crippen LogP contribution in [0.4, 0.5) is 13.2 Å². The molecule has 2 N–H and O–H groups in total. The second-order valence-electron chi connectivity index (χ2n) is 6.55. The summed E-state index contributed by atoms with van der Waals surface area (Å²) in [4.78, 5) is 17.4. The number of alkyl halides is 3. The number of guanidine groups is 1. The number of hydrogen-bond acceptors (Lipinski definition) is 5. The quantitative estimate of drug-likeness (QED) is 0.195. The van der Waals surface area contributed by atoms with Crippen LogP contribution >= 0.6 is 35.7 Å². The van der Waals surface area contributed by atoms with Crippen molar-refractivity contribution in [3.8, 4) is 0 Å². The fraction of sp³-hybridized carbons (Fsp3) is 0.867. The van der Waals surface area contributed by atoms with E-state index in [4.69, 9.17) is 0 Å². The maximum atomic E-state index is 12.6. The van der Waals surface area contributed by atoms with E-state index in [0.29, 0.717) is 36.2 Å². The van der Waals surface area contributed by atoms with Crippen molar-refractivity contribution in [2.45, 2.75) is 18.3 Å². The summed E-state index contributed by atoms with van der Waals surface area (Å²) in [5, 5.41) is 6.19. The van der Waals surface area contributed by atoms with Crippen molar-refractivity contribution < 1.29 is 26.4 Å². The fourth-order valence-corrected chi connectivity index (χ4v) is 3.77. The number of sulfonamides is 1. The normalized spacial score (nSPS) is 16.8. The lowest BCUT2D eigenvalue weighted by Gasteiger charge is -2.31. The Kier molecular flexibility index (Phi) is 12.8. The minimum absolute atomic E-state index is 0. The second kappa shape index (κ2) is 13.0. The predicted molar refractivity (Wildman–Crippen MR) is 120 cm³/mol. The van der Waals surface area contributed by atoms with E-state index < -0.39 is 15.5 Å². The average molecular weight is 575 g/mol. The van der Waals surface area contributed by atoms with Gasteiger partial charge in [-0.05, 0) is 25.0 Å². The number of likely N-dealkylation sites (N-methyl/N-ethyl adjacent to an activating group) is 1. The van der Waals surface area contributed by atoms with Gasteiger partial charge in [0.15, 0.2) is 5.96 Å². The highest BCUT2D eigenvalue weighted by Crippen LogP contribution is 2.30. The van der Waals surface area contributed by atoms with Gasteiger partial charge in [0.1, 0.15) is 6.54 Å². The standard InChI is InChI=1S/C15H28F3N5O3S2.HI/c1-22(2)13(24)11-21-14(19-6-9-27-3)20-10-12-4-7-23(8-5-12)28(25,26)15(16,17)18;/h12H,4-11H2,1-3H3,(H2,19,20,21);1H. The summed E-state index contributed by atoms with van der Waals surface area (Å²) in [6, 6.07) is 0. The number of amides is 1. The van der Waals surface area contributed by atoms with E-state index in [2.05, 4.69) is 15.6 Å². The number of nitrogens with zero attached hydrogens (tertiary/aromatic N) is 3. The Hall–Kier alpha value is -0.480. The zero-order chi connectivity index (χ0) is 21.4. The van der Waals surface area contributed by atoms with Gasteiger partial charge in [0, 0.05) is 46.0 Å². The van der Waals surface area contributed by atoms with Crippen molar-refractivity contribution in [3.05, 3.63) is 0 Å². The third-order valence-electron chi connectivity index (χ3n) is 4.23. The molecule has 172 valence electrons. The summed E-state index contributed by atoms with van der Waals surface area (Å²) in [6.07, 6.45) is 2.60. The molecular formula is C15H29F3IN5O3S2. The van der Waals surface area contributed by atoms with Crippen LogP contribution in [0.3, 0.4) is 0 Å². The number of rotatable bonds is 8. The van der Waals surface area contributed by atoms with E-state index in [9.17, 15) is 26.4 Å². The predicted octanol–water partition coefficient (Wildman–Crippen LogP) is 1.15. The van der Waals surface area contributed by atoms with Crippen molar-refractivity contribution in [2.24, 2.45) is 10.9 Å². The largest absolute Gasteiger partial charge is 0.511 e. The molecule has 1 saturated heterocycles. The number of halogens is 4. The number of aliphatic imine (C=N–C) groups is 1. The number of carbonyl (C=O) groups is 1. The lowest BCUT2D eigenvalue weighted by atomic mass is 9.98. The molecule has 0 bridgehead atoms. The third-order valence-corrected chi connectivity index (χ3v) is 6.48. The minimum atomic E-state index is -5.27. The van der Waals surface area contributed by atoms with Gasteiger partial charge >= 0.3 is 15.5 Å². The molecule has 29 heavy (non-hydrogen) atoms. The first-order chi connectivity index (χ1) is 13.0. The van der Waals surface area contributed by atoms with Crippen LogP contribution in [0.2, 0.25) is 0 Å². The minimum Gasteiger partial charge on any atom is -0.356 e. The zero-order valence-corrected chi connectivity index (χ0v) is 20.6. The van der Waals surface area contributed by atoms with Gasteiger partial charge in [-0.3, -0.25) is 4.79 Å². The Labute approximate surface area is 191 Å². The van der Waals surface area contributed by atoms with Crippen molar-refractivity contribution in [3.63, 3.8) is 0 Å². The molecule has 1 aliphatic heterocycles. The maximum Gasteiger partial charge on any atom is 0.511 e. The van der Waals surface area contributed by atoms with Crippen molar-refractivity contribution >= 4 is 57.6 Å². The smallest absolute Gasteiger partial charge is 0.356 e. The van der Waals surface area contributed by atoms with Gasteiger partial charge < -0.3 is 15.5 Å². The molecular weight excluding hydrogens is 546 g/mol. The van der Waals surface area contributed by atoms with Crippen LogP contribution in [-0.2, 0) is 14.8 Å². The molecule has 0 aromatic heterocycles. The van der Waals surface area contributed by atoms with Crippen LogP contribution in [0.5, 0.6) is 0 Å². The van der Waals surface area contributed by atoms with E-state index in [1.165, 1.54) is 4.90 Å². The summed E-state index contributed by atoms with van der Waals surface area (Å²) in [5.41, 5.74) is -5.27. The molecule has 8 nitrogen and oxygen atoms in total. The summed E-state index contributed by atoms with van der Waals surface area (Å²) >= 11 is 1.65. The van der Waals surface area contributed by atoms with E-state index in [0.717, 1.165) is 5.75 Å². The summed E-state index contributed by atoms with van der Waals surface area (Å²) in [7, 11) is -2.00. The number of hydrogen-bond donors (Lipinski definition) is 2. The highest BCUT2D eigenvalue weighted by Gasteiger charge is 2.50. The Morgan fingerprint density at radius 3 is 2.31 bits per heavy atom.